The molecular weight excluding hydrogens is 476 g/mol. The van der Waals surface area contributed by atoms with Crippen LogP contribution in [0.1, 0.15) is 43.2 Å². The fourth-order valence-corrected chi connectivity index (χ4v) is 6.50. The zero-order valence-corrected chi connectivity index (χ0v) is 23.6. The van der Waals surface area contributed by atoms with Gasteiger partial charge >= 0.3 is 0 Å². The first-order chi connectivity index (χ1) is 18.1. The Morgan fingerprint density at radius 3 is 2.46 bits per heavy atom. The van der Waals surface area contributed by atoms with Gasteiger partial charge in [-0.2, -0.15) is 0 Å². The summed E-state index contributed by atoms with van der Waals surface area (Å²) in [5.74, 6) is 2.01. The number of hydrogen-bond donors (Lipinski definition) is 2. The molecule has 3 aliphatic heterocycles. The van der Waals surface area contributed by atoms with Gasteiger partial charge in [0.25, 0.3) is 0 Å². The maximum atomic E-state index is 5.78. The topological polar surface area (TPSA) is 46.7 Å². The molecule has 202 valence electrons. The average Bonchev–Trinajstić information content (AvgIpc) is 2.93. The third kappa shape index (κ3) is 7.70. The lowest BCUT2D eigenvalue weighted by Crippen LogP contribution is -2.48. The number of piperidine rings is 1. The Balaban J connectivity index is 1.11. The van der Waals surface area contributed by atoms with Crippen molar-refractivity contribution >= 4 is 33.8 Å². The Morgan fingerprint density at radius 1 is 0.919 bits per heavy atom. The van der Waals surface area contributed by atoms with Crippen LogP contribution in [0.4, 0.5) is 5.82 Å². The summed E-state index contributed by atoms with van der Waals surface area (Å²) in [5, 5.41) is 8.19. The van der Waals surface area contributed by atoms with E-state index in [4.69, 9.17) is 17.2 Å². The number of nitrogens with zero attached hydrogens (tertiary/aromatic N) is 4. The summed E-state index contributed by atoms with van der Waals surface area (Å²) >= 11 is 5.78. The lowest BCUT2D eigenvalue weighted by Gasteiger charge is -2.38. The molecule has 2 N–H and O–H groups in total. The first-order valence-electron chi connectivity index (χ1n) is 14.7. The number of unbranched alkanes of at least 4 members (excludes halogenated alkanes) is 1. The van der Waals surface area contributed by atoms with E-state index in [9.17, 15) is 0 Å². The van der Waals surface area contributed by atoms with Crippen LogP contribution in [0.15, 0.2) is 24.3 Å². The lowest BCUT2D eigenvalue weighted by atomic mass is 9.97. The van der Waals surface area contributed by atoms with Crippen LogP contribution in [0.2, 0.25) is 0 Å². The summed E-state index contributed by atoms with van der Waals surface area (Å²) in [6.07, 6.45) is 7.06. The Morgan fingerprint density at radius 2 is 1.68 bits per heavy atom. The highest BCUT2D eigenvalue weighted by Crippen LogP contribution is 2.25. The minimum Gasteiger partial charge on any atom is -0.354 e. The summed E-state index contributed by atoms with van der Waals surface area (Å²) in [6, 6.07) is 9.07. The summed E-state index contributed by atoms with van der Waals surface area (Å²) in [7, 11) is 0. The first kappa shape index (κ1) is 26.9. The van der Waals surface area contributed by atoms with Gasteiger partial charge in [0, 0.05) is 70.7 Å². The van der Waals surface area contributed by atoms with E-state index >= 15 is 0 Å². The van der Waals surface area contributed by atoms with Crippen molar-refractivity contribution in [2.24, 2.45) is 5.92 Å². The summed E-state index contributed by atoms with van der Waals surface area (Å²) in [5.41, 5.74) is 3.75. The maximum absolute atomic E-state index is 5.78. The number of rotatable bonds is 10. The normalized spacial score (nSPS) is 20.5. The van der Waals surface area contributed by atoms with Crippen molar-refractivity contribution in [1.82, 2.24) is 25.4 Å². The Labute approximate surface area is 229 Å². The second-order valence-corrected chi connectivity index (χ2v) is 12.0. The molecule has 0 bridgehead atoms. The van der Waals surface area contributed by atoms with Gasteiger partial charge in [0.1, 0.15) is 5.82 Å². The summed E-state index contributed by atoms with van der Waals surface area (Å²) in [4.78, 5) is 14.0. The zero-order chi connectivity index (χ0) is 25.5. The minimum absolute atomic E-state index is 0.869. The van der Waals surface area contributed by atoms with Crippen molar-refractivity contribution in [3.05, 3.63) is 35.4 Å². The second kappa shape index (κ2) is 13.4. The molecule has 0 unspecified atom stereocenters. The van der Waals surface area contributed by atoms with Crippen LogP contribution in [0.25, 0.3) is 10.9 Å². The van der Waals surface area contributed by atoms with Crippen molar-refractivity contribution in [2.45, 2.75) is 45.4 Å². The van der Waals surface area contributed by atoms with Crippen LogP contribution < -0.4 is 15.5 Å². The van der Waals surface area contributed by atoms with Gasteiger partial charge in [-0.25, -0.2) is 4.98 Å². The molecule has 6 nitrogen and oxygen atoms in total. The average molecular weight is 523 g/mol. The SMILES string of the molecule is Cc1cc(N2CCN(CC3CCNCC3)CC2)nc2ccc(CC(=S)CCCCN3CCNCC3)cc12. The Hall–Kier alpha value is -1.64. The van der Waals surface area contributed by atoms with Gasteiger partial charge < -0.3 is 20.4 Å². The van der Waals surface area contributed by atoms with E-state index < -0.39 is 0 Å². The number of aryl methyl sites for hydroxylation is 1. The van der Waals surface area contributed by atoms with E-state index in [1.54, 1.807) is 0 Å². The quantitative estimate of drug-likeness (QED) is 0.365. The summed E-state index contributed by atoms with van der Waals surface area (Å²) in [6.45, 7) is 16.2. The molecule has 0 spiro atoms. The molecule has 3 aliphatic rings. The smallest absolute Gasteiger partial charge is 0.129 e. The van der Waals surface area contributed by atoms with E-state index in [-0.39, 0.29) is 0 Å². The van der Waals surface area contributed by atoms with Gasteiger partial charge in [-0.1, -0.05) is 18.3 Å². The van der Waals surface area contributed by atoms with Gasteiger partial charge in [-0.05, 0) is 98.8 Å². The number of pyridine rings is 1. The van der Waals surface area contributed by atoms with Gasteiger partial charge in [0.2, 0.25) is 0 Å². The third-order valence-corrected chi connectivity index (χ3v) is 8.88. The number of benzene rings is 1. The Bertz CT molecular complexity index is 1020. The second-order valence-electron chi connectivity index (χ2n) is 11.4. The molecule has 2 aromatic rings. The van der Waals surface area contributed by atoms with E-state index in [1.165, 1.54) is 86.3 Å². The number of thiocarbonyl (C=S) groups is 1. The van der Waals surface area contributed by atoms with Crippen LogP contribution in [-0.4, -0.2) is 98.2 Å². The maximum Gasteiger partial charge on any atom is 0.129 e. The molecule has 37 heavy (non-hydrogen) atoms. The molecule has 0 saturated carbocycles. The number of hydrogen-bond acceptors (Lipinski definition) is 7. The predicted octanol–water partition coefficient (Wildman–Crippen LogP) is 3.65. The van der Waals surface area contributed by atoms with Gasteiger partial charge in [-0.15, -0.1) is 0 Å². The fourth-order valence-electron chi connectivity index (χ4n) is 6.19. The van der Waals surface area contributed by atoms with Gasteiger partial charge in [0.05, 0.1) is 5.52 Å². The van der Waals surface area contributed by atoms with Gasteiger partial charge in [0.15, 0.2) is 0 Å². The van der Waals surface area contributed by atoms with Crippen molar-refractivity contribution in [3.8, 4) is 0 Å². The van der Waals surface area contributed by atoms with Crippen LogP contribution in [-0.2, 0) is 6.42 Å². The molecule has 1 aromatic carbocycles. The molecule has 0 atom stereocenters. The van der Waals surface area contributed by atoms with E-state index in [0.717, 1.165) is 69.4 Å². The molecule has 3 saturated heterocycles. The largest absolute Gasteiger partial charge is 0.354 e. The number of nitrogens with one attached hydrogen (secondary N) is 2. The highest BCUT2D eigenvalue weighted by atomic mass is 32.1. The van der Waals surface area contributed by atoms with E-state index in [0.29, 0.717) is 0 Å². The Kier molecular flexibility index (Phi) is 9.78. The molecular formula is C30H46N6S. The standard InChI is InChI=1S/C30H46N6S/c1-24-20-30(36-18-16-35(17-19-36)23-25-7-9-31-10-8-25)33-29-6-5-26(22-28(24)29)21-27(37)4-2-3-13-34-14-11-32-12-15-34/h5-6,20,22,25,31-32H,2-4,7-19,21,23H2,1H3. The first-order valence-corrected chi connectivity index (χ1v) is 15.1. The van der Waals surface area contributed by atoms with Crippen LogP contribution in [0, 0.1) is 12.8 Å². The van der Waals surface area contributed by atoms with Crippen molar-refractivity contribution in [2.75, 3.05) is 83.4 Å². The summed E-state index contributed by atoms with van der Waals surface area (Å²) < 4.78 is 0. The van der Waals surface area contributed by atoms with Crippen LogP contribution in [0.5, 0.6) is 0 Å². The highest BCUT2D eigenvalue weighted by molar-refractivity contribution is 7.80. The molecule has 1 aromatic heterocycles. The molecule has 3 fully saturated rings. The number of aromatic nitrogens is 1. The van der Waals surface area contributed by atoms with Crippen molar-refractivity contribution < 1.29 is 0 Å². The minimum atomic E-state index is 0.869. The third-order valence-electron chi connectivity index (χ3n) is 8.53. The number of fused-ring (bicyclic) bond motifs is 1. The molecule has 0 amide bonds. The molecule has 4 heterocycles. The molecule has 0 radical (unpaired) electrons. The zero-order valence-electron chi connectivity index (χ0n) is 22.8. The lowest BCUT2D eigenvalue weighted by molar-refractivity contribution is 0.196. The van der Waals surface area contributed by atoms with Crippen molar-refractivity contribution in [3.63, 3.8) is 0 Å². The number of piperazine rings is 2. The fraction of sp³-hybridized carbons (Fsp3) is 0.667. The molecule has 0 aliphatic carbocycles. The number of anilines is 1. The van der Waals surface area contributed by atoms with Gasteiger partial charge in [-0.3, -0.25) is 4.90 Å². The predicted molar refractivity (Wildman–Crippen MR) is 160 cm³/mol. The van der Waals surface area contributed by atoms with E-state index in [2.05, 4.69) is 56.5 Å². The van der Waals surface area contributed by atoms with Crippen LogP contribution in [0.3, 0.4) is 0 Å². The molecule has 7 heteroatoms. The van der Waals surface area contributed by atoms with E-state index in [1.807, 2.05) is 0 Å². The van der Waals surface area contributed by atoms with Crippen LogP contribution >= 0.6 is 12.2 Å². The van der Waals surface area contributed by atoms with Crippen molar-refractivity contribution in [1.29, 1.82) is 0 Å². The highest BCUT2D eigenvalue weighted by Gasteiger charge is 2.22. The monoisotopic (exact) mass is 522 g/mol. The molecule has 5 rings (SSSR count).